The van der Waals surface area contributed by atoms with Crippen molar-refractivity contribution in [1.29, 1.82) is 0 Å². The largest absolute Gasteiger partial charge is 0.367 e. The summed E-state index contributed by atoms with van der Waals surface area (Å²) in [7, 11) is -2.88. The third kappa shape index (κ3) is 2.06. The van der Waals surface area contributed by atoms with Crippen LogP contribution >= 0.6 is 0 Å². The Labute approximate surface area is 83.2 Å². The first-order valence-corrected chi connectivity index (χ1v) is 6.14. The van der Waals surface area contributed by atoms with Gasteiger partial charge in [-0.1, -0.05) is 7.77 Å². The molecule has 0 N–H and O–H groups in total. The molecule has 2 aliphatic rings. The van der Waals surface area contributed by atoms with Crippen molar-refractivity contribution >= 4 is 10.5 Å². The molecule has 2 fully saturated rings. The second kappa shape index (κ2) is 3.41. The van der Waals surface area contributed by atoms with Crippen LogP contribution < -0.4 is 0 Å². The molecule has 3 nitrogen and oxygen atoms in total. The molecule has 0 spiro atoms. The lowest BCUT2D eigenvalue weighted by Gasteiger charge is -2.34. The molecule has 2 unspecified atom stereocenters. The third-order valence-corrected chi connectivity index (χ3v) is 3.89. The lowest BCUT2D eigenvalue weighted by atomic mass is 9.99. The molecule has 0 amide bonds. The van der Waals surface area contributed by atoms with Crippen LogP contribution in [0, 0.1) is 0 Å². The molecule has 2 saturated heterocycles. The van der Waals surface area contributed by atoms with E-state index in [9.17, 15) is 12.0 Å². The number of hydrogen-bond donors (Lipinski definition) is 0. The van der Waals surface area contributed by atoms with Crippen LogP contribution in [0.1, 0.15) is 25.7 Å². The fourth-order valence-corrected chi connectivity index (χ4v) is 3.16. The van der Waals surface area contributed by atoms with Crippen molar-refractivity contribution in [2.45, 2.75) is 43.8 Å². The summed E-state index contributed by atoms with van der Waals surface area (Å²) in [6, 6.07) is 0.333. The van der Waals surface area contributed by atoms with Gasteiger partial charge in [0.05, 0.1) is 6.04 Å². The molecule has 0 aromatic heterocycles. The average Bonchev–Trinajstić information content (AvgIpc) is 2.32. The van der Waals surface area contributed by atoms with Gasteiger partial charge in [-0.3, -0.25) is 0 Å². The van der Waals surface area contributed by atoms with Crippen LogP contribution in [-0.4, -0.2) is 34.3 Å². The second-order valence-electron chi connectivity index (χ2n) is 4.18. The maximum absolute atomic E-state index is 12.2. The normalized spacial score (nSPS) is 38.6. The molecule has 14 heavy (non-hydrogen) atoms. The van der Waals surface area contributed by atoms with Crippen molar-refractivity contribution in [2.75, 3.05) is 7.05 Å². The zero-order valence-electron chi connectivity index (χ0n) is 8.03. The Morgan fingerprint density at radius 2 is 1.79 bits per heavy atom. The van der Waals surface area contributed by atoms with E-state index in [4.69, 9.17) is 0 Å². The van der Waals surface area contributed by atoms with E-state index in [-0.39, 0.29) is 0 Å². The molecule has 0 aromatic carbocycles. The lowest BCUT2D eigenvalue weighted by molar-refractivity contribution is 0.164. The van der Waals surface area contributed by atoms with Gasteiger partial charge in [-0.2, -0.15) is 8.57 Å². The highest BCUT2D eigenvalue weighted by molar-refractivity contribution is 7.83. The predicted molar refractivity (Wildman–Crippen MR) is 50.4 cm³/mol. The summed E-state index contributed by atoms with van der Waals surface area (Å²) in [5.41, 5.74) is 0. The van der Waals surface area contributed by atoms with Crippen LogP contribution in [-0.2, 0) is 10.5 Å². The van der Waals surface area contributed by atoms with Crippen LogP contribution in [0.3, 0.4) is 0 Å². The van der Waals surface area contributed by atoms with Crippen LogP contribution in [0.2, 0.25) is 0 Å². The van der Waals surface area contributed by atoms with Crippen molar-refractivity contribution in [3.05, 3.63) is 0 Å². The first-order chi connectivity index (χ1) is 6.46. The number of piperidine rings is 1. The highest BCUT2D eigenvalue weighted by Crippen LogP contribution is 2.35. The quantitative estimate of drug-likeness (QED) is 0.637. The maximum atomic E-state index is 12.2. The Bertz CT molecular complexity index is 318. The molecule has 0 aromatic rings. The monoisotopic (exact) mass is 224 g/mol. The van der Waals surface area contributed by atoms with Gasteiger partial charge in [0.15, 0.2) is 0 Å². The van der Waals surface area contributed by atoms with Crippen molar-refractivity contribution in [1.82, 2.24) is 4.90 Å². The Morgan fingerprint density at radius 3 is 2.21 bits per heavy atom. The van der Waals surface area contributed by atoms with Crippen molar-refractivity contribution in [2.24, 2.45) is 4.36 Å². The average molecular weight is 224 g/mol. The number of rotatable bonds is 1. The fourth-order valence-electron chi connectivity index (χ4n) is 2.64. The van der Waals surface area contributed by atoms with Gasteiger partial charge in [0.25, 0.3) is 0 Å². The van der Waals surface area contributed by atoms with E-state index in [0.29, 0.717) is 24.9 Å². The van der Waals surface area contributed by atoms with Crippen molar-refractivity contribution < 1.29 is 12.0 Å². The van der Waals surface area contributed by atoms with E-state index in [1.165, 1.54) is 0 Å². The molecular formula is C8H14F2N2OS. The molecule has 2 atom stereocenters. The lowest BCUT2D eigenvalue weighted by Crippen LogP contribution is -2.41. The minimum atomic E-state index is -4.90. The molecule has 2 heterocycles. The van der Waals surface area contributed by atoms with Gasteiger partial charge in [0.1, 0.15) is 0 Å². The van der Waals surface area contributed by atoms with Gasteiger partial charge in [-0.15, -0.1) is 0 Å². The van der Waals surface area contributed by atoms with Crippen molar-refractivity contribution in [3.8, 4) is 0 Å². The van der Waals surface area contributed by atoms with Crippen LogP contribution in [0.4, 0.5) is 7.77 Å². The zero-order chi connectivity index (χ0) is 10.3. The molecular weight excluding hydrogens is 210 g/mol. The first-order valence-electron chi connectivity index (χ1n) is 4.83. The summed E-state index contributed by atoms with van der Waals surface area (Å²) < 4.78 is 37.8. The topological polar surface area (TPSA) is 32.7 Å². The molecule has 6 heteroatoms. The van der Waals surface area contributed by atoms with Crippen LogP contribution in [0.5, 0.6) is 0 Å². The maximum Gasteiger partial charge on any atom is 0.367 e. The predicted octanol–water partition coefficient (Wildman–Crippen LogP) is 1.85. The summed E-state index contributed by atoms with van der Waals surface area (Å²) in [5, 5.41) is 0. The number of halogens is 2. The minimum absolute atomic E-state index is 0.365. The molecule has 0 radical (unpaired) electrons. The van der Waals surface area contributed by atoms with E-state index >= 15 is 0 Å². The summed E-state index contributed by atoms with van der Waals surface area (Å²) in [5.74, 6) is 0. The van der Waals surface area contributed by atoms with Gasteiger partial charge in [0, 0.05) is 12.1 Å². The number of fused-ring (bicyclic) bond motifs is 2. The molecule has 2 aliphatic heterocycles. The smallest absolute Gasteiger partial charge is 0.300 e. The molecule has 2 rings (SSSR count). The SMILES string of the molecule is CN1C2CCC1CC(N=S(=O)(F)F)C2. The van der Waals surface area contributed by atoms with E-state index < -0.39 is 16.5 Å². The highest BCUT2D eigenvalue weighted by atomic mass is 32.3. The Kier molecular flexibility index (Phi) is 2.51. The van der Waals surface area contributed by atoms with Gasteiger partial charge >= 0.3 is 10.5 Å². The molecule has 2 bridgehead atoms. The van der Waals surface area contributed by atoms with Crippen LogP contribution in [0.15, 0.2) is 4.36 Å². The molecule has 0 aliphatic carbocycles. The Balaban J connectivity index is 2.11. The zero-order valence-corrected chi connectivity index (χ0v) is 8.84. The van der Waals surface area contributed by atoms with Gasteiger partial charge in [-0.25, -0.2) is 0 Å². The van der Waals surface area contributed by atoms with Crippen LogP contribution in [0.25, 0.3) is 0 Å². The number of hydrogen-bond acceptors (Lipinski definition) is 3. The van der Waals surface area contributed by atoms with Gasteiger partial charge < -0.3 is 4.90 Å². The van der Waals surface area contributed by atoms with Gasteiger partial charge in [0.2, 0.25) is 0 Å². The summed E-state index contributed by atoms with van der Waals surface area (Å²) >= 11 is 0. The summed E-state index contributed by atoms with van der Waals surface area (Å²) in [4.78, 5) is 2.24. The first kappa shape index (κ1) is 10.3. The Morgan fingerprint density at radius 1 is 1.29 bits per heavy atom. The van der Waals surface area contributed by atoms with E-state index in [1.807, 2.05) is 7.05 Å². The van der Waals surface area contributed by atoms with Gasteiger partial charge in [-0.05, 0) is 32.7 Å². The van der Waals surface area contributed by atoms with E-state index in [1.54, 1.807) is 0 Å². The molecule has 82 valence electrons. The summed E-state index contributed by atoms with van der Waals surface area (Å²) in [6.45, 7) is 0. The standard InChI is InChI=1S/C8H14F2N2OS/c1-12-7-2-3-8(12)5-6(4-7)11-14(9,10)13/h6-8H,2-5H2,1H3. The number of nitrogens with zero attached hydrogens (tertiary/aromatic N) is 2. The van der Waals surface area contributed by atoms with E-state index in [0.717, 1.165) is 12.8 Å². The highest BCUT2D eigenvalue weighted by Gasteiger charge is 2.38. The summed E-state index contributed by atoms with van der Waals surface area (Å²) in [6.07, 6.45) is 3.40. The molecule has 0 saturated carbocycles. The second-order valence-corrected chi connectivity index (χ2v) is 5.18. The Hall–Kier alpha value is -0.230. The van der Waals surface area contributed by atoms with Crippen molar-refractivity contribution in [3.63, 3.8) is 0 Å². The minimum Gasteiger partial charge on any atom is -0.300 e. The fraction of sp³-hybridized carbons (Fsp3) is 1.00. The van der Waals surface area contributed by atoms with E-state index in [2.05, 4.69) is 9.26 Å². The third-order valence-electron chi connectivity index (χ3n) is 3.35.